The van der Waals surface area contributed by atoms with Gasteiger partial charge in [-0.05, 0) is 69.6 Å². The zero-order valence-electron chi connectivity index (χ0n) is 11.9. The van der Waals surface area contributed by atoms with Crippen LogP contribution in [0.15, 0.2) is 12.1 Å². The van der Waals surface area contributed by atoms with Gasteiger partial charge < -0.3 is 9.84 Å². The van der Waals surface area contributed by atoms with Gasteiger partial charge in [0.15, 0.2) is 0 Å². The van der Waals surface area contributed by atoms with E-state index in [2.05, 4.69) is 4.98 Å². The van der Waals surface area contributed by atoms with Gasteiger partial charge in [0, 0.05) is 18.0 Å². The van der Waals surface area contributed by atoms with Crippen molar-refractivity contribution in [2.24, 2.45) is 5.92 Å². The summed E-state index contributed by atoms with van der Waals surface area (Å²) < 4.78 is 5.94. The van der Waals surface area contributed by atoms with Crippen LogP contribution in [0.4, 0.5) is 0 Å². The third-order valence-corrected chi connectivity index (χ3v) is 4.69. The summed E-state index contributed by atoms with van der Waals surface area (Å²) in [4.78, 5) is 4.38. The number of nitrogens with zero attached hydrogens (tertiary/aromatic N) is 1. The van der Waals surface area contributed by atoms with Gasteiger partial charge in [-0.3, -0.25) is 4.98 Å². The number of aliphatic hydroxyl groups is 1. The van der Waals surface area contributed by atoms with Crippen LogP contribution in [0.3, 0.4) is 0 Å². The van der Waals surface area contributed by atoms with Crippen molar-refractivity contribution in [2.75, 3.05) is 6.61 Å². The molecule has 1 N–H and O–H groups in total. The van der Waals surface area contributed by atoms with E-state index in [-0.39, 0.29) is 11.7 Å². The van der Waals surface area contributed by atoms with E-state index in [9.17, 15) is 5.11 Å². The highest BCUT2D eigenvalue weighted by molar-refractivity contribution is 5.23. The normalized spacial score (nSPS) is 27.0. The molecule has 2 atom stereocenters. The second-order valence-electron chi connectivity index (χ2n) is 6.27. The predicted octanol–water partition coefficient (Wildman–Crippen LogP) is 3.08. The average molecular weight is 261 g/mol. The van der Waals surface area contributed by atoms with Gasteiger partial charge >= 0.3 is 0 Å². The maximum atomic E-state index is 10.7. The molecule has 3 heteroatoms. The van der Waals surface area contributed by atoms with Crippen LogP contribution in [0.5, 0.6) is 0 Å². The lowest BCUT2D eigenvalue weighted by molar-refractivity contribution is -0.157. The number of hydrogen-bond acceptors (Lipinski definition) is 3. The summed E-state index contributed by atoms with van der Waals surface area (Å²) in [5.41, 5.74) is 3.09. The number of rotatable bonds is 2. The number of ether oxygens (including phenoxy) is 1. The quantitative estimate of drug-likeness (QED) is 0.889. The predicted molar refractivity (Wildman–Crippen MR) is 73.9 cm³/mol. The monoisotopic (exact) mass is 261 g/mol. The highest BCUT2D eigenvalue weighted by atomic mass is 16.5. The fourth-order valence-electron chi connectivity index (χ4n) is 3.56. The van der Waals surface area contributed by atoms with E-state index in [1.165, 1.54) is 19.3 Å². The summed E-state index contributed by atoms with van der Waals surface area (Å²) in [5, 5.41) is 10.7. The van der Waals surface area contributed by atoms with Gasteiger partial charge in [0.05, 0.1) is 11.7 Å². The Labute approximate surface area is 115 Å². The molecule has 1 saturated carbocycles. The van der Waals surface area contributed by atoms with Crippen molar-refractivity contribution >= 4 is 0 Å². The van der Waals surface area contributed by atoms with E-state index in [1.807, 2.05) is 26.0 Å². The first-order valence-corrected chi connectivity index (χ1v) is 7.35. The molecule has 2 fully saturated rings. The topological polar surface area (TPSA) is 42.4 Å². The summed E-state index contributed by atoms with van der Waals surface area (Å²) in [6.07, 6.45) is 5.21. The lowest BCUT2D eigenvalue weighted by Gasteiger charge is -2.48. The summed E-state index contributed by atoms with van der Waals surface area (Å²) in [7, 11) is 0. The van der Waals surface area contributed by atoms with Crippen LogP contribution in [0.2, 0.25) is 0 Å². The highest BCUT2D eigenvalue weighted by Gasteiger charge is 2.44. The van der Waals surface area contributed by atoms with E-state index < -0.39 is 0 Å². The van der Waals surface area contributed by atoms with Gasteiger partial charge in [-0.1, -0.05) is 0 Å². The van der Waals surface area contributed by atoms with Crippen molar-refractivity contribution in [3.8, 4) is 0 Å². The van der Waals surface area contributed by atoms with Gasteiger partial charge in [-0.15, -0.1) is 0 Å². The highest BCUT2D eigenvalue weighted by Crippen LogP contribution is 2.47. The molecule has 1 aromatic heterocycles. The van der Waals surface area contributed by atoms with Crippen molar-refractivity contribution < 1.29 is 9.84 Å². The fourth-order valence-corrected chi connectivity index (χ4v) is 3.56. The molecular formula is C16H23NO2. The van der Waals surface area contributed by atoms with E-state index in [4.69, 9.17) is 4.74 Å². The average Bonchev–Trinajstić information content (AvgIpc) is 2.35. The van der Waals surface area contributed by atoms with Crippen LogP contribution in [0.25, 0.3) is 0 Å². The molecule has 1 spiro atoms. The molecule has 2 aliphatic rings. The fraction of sp³-hybridized carbons (Fsp3) is 0.688. The number of aryl methyl sites for hydroxylation is 2. The first-order chi connectivity index (χ1) is 9.08. The number of hydrogen-bond donors (Lipinski definition) is 1. The van der Waals surface area contributed by atoms with Gasteiger partial charge in [-0.2, -0.15) is 0 Å². The molecule has 0 amide bonds. The Morgan fingerprint density at radius 3 is 2.58 bits per heavy atom. The maximum Gasteiger partial charge on any atom is 0.0821 e. The van der Waals surface area contributed by atoms with Crippen LogP contribution in [-0.4, -0.2) is 22.3 Å². The van der Waals surface area contributed by atoms with Crippen LogP contribution in [-0.2, 0) is 4.74 Å². The Kier molecular flexibility index (Phi) is 3.35. The Bertz CT molecular complexity index is 448. The number of pyridine rings is 1. The lowest BCUT2D eigenvalue weighted by atomic mass is 9.70. The lowest BCUT2D eigenvalue weighted by Crippen LogP contribution is -2.46. The molecule has 1 aliphatic heterocycles. The molecule has 1 aliphatic carbocycles. The van der Waals surface area contributed by atoms with Gasteiger partial charge in [0.2, 0.25) is 0 Å². The Hall–Kier alpha value is -0.930. The first kappa shape index (κ1) is 13.1. The zero-order chi connectivity index (χ0) is 13.5. The van der Waals surface area contributed by atoms with Crippen LogP contribution >= 0.6 is 0 Å². The molecule has 3 rings (SSSR count). The summed E-state index contributed by atoms with van der Waals surface area (Å²) in [6.45, 7) is 4.77. The second-order valence-corrected chi connectivity index (χ2v) is 6.27. The van der Waals surface area contributed by atoms with Crippen LogP contribution in [0, 0.1) is 19.8 Å². The van der Waals surface area contributed by atoms with E-state index in [1.54, 1.807) is 0 Å². The third-order valence-electron chi connectivity index (χ3n) is 4.69. The maximum absolute atomic E-state index is 10.7. The molecule has 1 saturated heterocycles. The third kappa shape index (κ3) is 2.54. The number of aliphatic hydroxyl groups excluding tert-OH is 1. The largest absolute Gasteiger partial charge is 0.388 e. The summed E-state index contributed by atoms with van der Waals surface area (Å²) in [6, 6.07) is 4.03. The summed E-state index contributed by atoms with van der Waals surface area (Å²) >= 11 is 0. The molecular weight excluding hydrogens is 238 g/mol. The minimum Gasteiger partial charge on any atom is -0.388 e. The van der Waals surface area contributed by atoms with E-state index in [0.29, 0.717) is 5.92 Å². The Balaban J connectivity index is 1.77. The molecule has 0 radical (unpaired) electrons. The van der Waals surface area contributed by atoms with Crippen LogP contribution < -0.4 is 0 Å². The molecule has 2 heterocycles. The first-order valence-electron chi connectivity index (χ1n) is 7.35. The van der Waals surface area contributed by atoms with E-state index >= 15 is 0 Å². The van der Waals surface area contributed by atoms with Crippen molar-refractivity contribution in [1.29, 1.82) is 0 Å². The van der Waals surface area contributed by atoms with Crippen molar-refractivity contribution in [3.05, 3.63) is 29.1 Å². The van der Waals surface area contributed by atoms with Crippen LogP contribution in [0.1, 0.15) is 55.2 Å². The van der Waals surface area contributed by atoms with E-state index in [0.717, 1.165) is 36.4 Å². The smallest absolute Gasteiger partial charge is 0.0821 e. The minimum atomic E-state index is -0.373. The molecule has 104 valence electrons. The standard InChI is InChI=1S/C16H23NO2/c1-11-8-14(9-12(2)17-11)15(18)13-4-7-19-16(10-13)5-3-6-16/h8-9,13,15,18H,3-7,10H2,1-2H3. The van der Waals surface area contributed by atoms with Gasteiger partial charge in [0.1, 0.15) is 0 Å². The molecule has 1 aromatic rings. The molecule has 19 heavy (non-hydrogen) atoms. The number of aromatic nitrogens is 1. The Morgan fingerprint density at radius 1 is 1.32 bits per heavy atom. The molecule has 2 unspecified atom stereocenters. The zero-order valence-corrected chi connectivity index (χ0v) is 11.9. The summed E-state index contributed by atoms with van der Waals surface area (Å²) in [5.74, 6) is 0.329. The Morgan fingerprint density at radius 2 is 2.00 bits per heavy atom. The minimum absolute atomic E-state index is 0.0982. The SMILES string of the molecule is Cc1cc(C(O)C2CCOC3(CCC3)C2)cc(C)n1. The molecule has 3 nitrogen and oxygen atoms in total. The van der Waals surface area contributed by atoms with Crippen molar-refractivity contribution in [1.82, 2.24) is 4.98 Å². The van der Waals surface area contributed by atoms with Gasteiger partial charge in [-0.25, -0.2) is 0 Å². The molecule has 0 aromatic carbocycles. The molecule has 0 bridgehead atoms. The van der Waals surface area contributed by atoms with Gasteiger partial charge in [0.25, 0.3) is 0 Å². The van der Waals surface area contributed by atoms with Crippen molar-refractivity contribution in [2.45, 2.75) is 57.7 Å². The second kappa shape index (κ2) is 4.88. The van der Waals surface area contributed by atoms with Crippen molar-refractivity contribution in [3.63, 3.8) is 0 Å².